The van der Waals surface area contributed by atoms with Gasteiger partial charge in [-0.05, 0) is 61.6 Å². The van der Waals surface area contributed by atoms with Crippen molar-refractivity contribution >= 4 is 28.5 Å². The molecule has 0 bridgehead atoms. The van der Waals surface area contributed by atoms with Gasteiger partial charge >= 0.3 is 0 Å². The molecule has 3 aromatic heterocycles. The molecular weight excluding hydrogens is 368 g/mol. The van der Waals surface area contributed by atoms with Crippen LogP contribution in [0.3, 0.4) is 0 Å². The van der Waals surface area contributed by atoms with Gasteiger partial charge in [-0.1, -0.05) is 17.7 Å². The Kier molecular flexibility index (Phi) is 5.77. The van der Waals surface area contributed by atoms with Crippen LogP contribution < -0.4 is 5.32 Å². The number of pyridine rings is 1. The third-order valence-electron chi connectivity index (χ3n) is 4.70. The van der Waals surface area contributed by atoms with E-state index in [0.29, 0.717) is 17.4 Å². The minimum absolute atomic E-state index is 0.154. The number of rotatable bonds is 6. The molecule has 0 spiro atoms. The monoisotopic (exact) mass is 390 g/mol. The molecule has 6 heteroatoms. The molecule has 0 unspecified atom stereocenters. The van der Waals surface area contributed by atoms with Crippen LogP contribution in [0.5, 0.6) is 0 Å². The molecule has 5 nitrogen and oxygen atoms in total. The number of allylic oxidation sites excluding steroid dienone is 3. The van der Waals surface area contributed by atoms with Crippen molar-refractivity contribution < 1.29 is 4.79 Å². The van der Waals surface area contributed by atoms with Crippen LogP contribution in [-0.4, -0.2) is 20.4 Å². The van der Waals surface area contributed by atoms with Crippen LogP contribution in [0.15, 0.2) is 66.0 Å². The number of carbonyl (C=O) groups is 1. The normalized spacial score (nSPS) is 14.2. The van der Waals surface area contributed by atoms with Crippen molar-refractivity contribution in [1.29, 1.82) is 0 Å². The molecule has 0 saturated heterocycles. The van der Waals surface area contributed by atoms with Crippen LogP contribution in [0.25, 0.3) is 6.08 Å². The van der Waals surface area contributed by atoms with Gasteiger partial charge in [0, 0.05) is 30.5 Å². The lowest BCUT2D eigenvalue weighted by atomic mass is 9.99. The number of nitrogens with zero attached hydrogens (tertiary/aromatic N) is 3. The van der Waals surface area contributed by atoms with E-state index in [4.69, 9.17) is 0 Å². The highest BCUT2D eigenvalue weighted by Gasteiger charge is 2.13. The molecule has 1 aliphatic rings. The van der Waals surface area contributed by atoms with Gasteiger partial charge < -0.3 is 4.57 Å². The molecule has 0 aromatic carbocycles. The molecule has 1 aliphatic carbocycles. The number of thiazole rings is 1. The third-order valence-corrected chi connectivity index (χ3v) is 5.48. The lowest BCUT2D eigenvalue weighted by Gasteiger charge is -2.08. The summed E-state index contributed by atoms with van der Waals surface area (Å²) >= 11 is 1.44. The highest BCUT2D eigenvalue weighted by molar-refractivity contribution is 7.14. The van der Waals surface area contributed by atoms with Crippen LogP contribution in [0, 0.1) is 0 Å². The lowest BCUT2D eigenvalue weighted by molar-refractivity contribution is 0.101. The third kappa shape index (κ3) is 4.64. The van der Waals surface area contributed by atoms with Gasteiger partial charge in [0.25, 0.3) is 5.91 Å². The maximum absolute atomic E-state index is 12.7. The Balaban J connectivity index is 1.41. The minimum atomic E-state index is -0.154. The number of hydrogen-bond donors (Lipinski definition) is 1. The van der Waals surface area contributed by atoms with E-state index in [1.165, 1.54) is 29.8 Å². The fourth-order valence-corrected chi connectivity index (χ4v) is 3.90. The molecule has 142 valence electrons. The Hall–Kier alpha value is -2.99. The maximum atomic E-state index is 12.7. The lowest BCUT2D eigenvalue weighted by Crippen LogP contribution is -2.17. The van der Waals surface area contributed by atoms with Crippen molar-refractivity contribution in [2.24, 2.45) is 0 Å². The Labute approximate surface area is 168 Å². The zero-order chi connectivity index (χ0) is 19.2. The second-order valence-electron chi connectivity index (χ2n) is 6.77. The maximum Gasteiger partial charge on any atom is 0.274 e. The van der Waals surface area contributed by atoms with Crippen LogP contribution in [0.2, 0.25) is 0 Å². The summed E-state index contributed by atoms with van der Waals surface area (Å²) in [4.78, 5) is 21.2. The second-order valence-corrected chi connectivity index (χ2v) is 7.62. The molecule has 28 heavy (non-hydrogen) atoms. The van der Waals surface area contributed by atoms with E-state index in [1.54, 1.807) is 12.4 Å². The van der Waals surface area contributed by atoms with Gasteiger partial charge in [0.15, 0.2) is 5.13 Å². The van der Waals surface area contributed by atoms with Crippen molar-refractivity contribution in [1.82, 2.24) is 14.5 Å². The van der Waals surface area contributed by atoms with E-state index in [-0.39, 0.29) is 5.91 Å². The standard InChI is InChI=1S/C22H22N4OS/c27-21(20-7-4-14-26(20)15-18-10-12-23-13-11-18)25-22-24-19(16-28-22)9-8-17-5-2-1-3-6-17/h4-5,7-14,16H,1-3,6,15H2,(H,24,25,27)/b9-8+. The van der Waals surface area contributed by atoms with Crippen molar-refractivity contribution in [3.05, 3.63) is 82.9 Å². The number of amides is 1. The summed E-state index contributed by atoms with van der Waals surface area (Å²) < 4.78 is 1.93. The second kappa shape index (κ2) is 8.80. The smallest absolute Gasteiger partial charge is 0.274 e. The predicted octanol–water partition coefficient (Wildman–Crippen LogP) is 5.15. The first-order valence-corrected chi connectivity index (χ1v) is 10.3. The van der Waals surface area contributed by atoms with Crippen molar-refractivity contribution in [3.8, 4) is 0 Å². The first kappa shape index (κ1) is 18.4. The van der Waals surface area contributed by atoms with E-state index in [1.807, 2.05) is 46.5 Å². The summed E-state index contributed by atoms with van der Waals surface area (Å²) in [6.45, 7) is 0.624. The zero-order valence-electron chi connectivity index (χ0n) is 15.5. The van der Waals surface area contributed by atoms with Crippen LogP contribution in [0.4, 0.5) is 5.13 Å². The first-order chi connectivity index (χ1) is 13.8. The molecule has 0 atom stereocenters. The van der Waals surface area contributed by atoms with Crippen molar-refractivity contribution in [3.63, 3.8) is 0 Å². The molecule has 0 aliphatic heterocycles. The average Bonchev–Trinajstić information content (AvgIpc) is 3.37. The molecular formula is C22H22N4OS. The molecule has 0 saturated carbocycles. The van der Waals surface area contributed by atoms with E-state index in [9.17, 15) is 4.79 Å². The minimum Gasteiger partial charge on any atom is -0.339 e. The van der Waals surface area contributed by atoms with Crippen LogP contribution in [-0.2, 0) is 6.54 Å². The first-order valence-electron chi connectivity index (χ1n) is 9.46. The fourth-order valence-electron chi connectivity index (χ4n) is 3.23. The van der Waals surface area contributed by atoms with E-state index in [2.05, 4.69) is 27.4 Å². The van der Waals surface area contributed by atoms with Crippen molar-refractivity contribution in [2.75, 3.05) is 5.32 Å². The molecule has 0 radical (unpaired) electrons. The van der Waals surface area contributed by atoms with E-state index in [0.717, 1.165) is 24.1 Å². The Morgan fingerprint density at radius 3 is 2.93 bits per heavy atom. The number of carbonyl (C=O) groups excluding carboxylic acids is 1. The van der Waals surface area contributed by atoms with E-state index < -0.39 is 0 Å². The van der Waals surface area contributed by atoms with Gasteiger partial charge in [-0.15, -0.1) is 11.3 Å². The molecule has 1 N–H and O–H groups in total. The zero-order valence-corrected chi connectivity index (χ0v) is 16.4. The number of nitrogens with one attached hydrogen (secondary N) is 1. The van der Waals surface area contributed by atoms with Gasteiger partial charge in [-0.3, -0.25) is 15.1 Å². The van der Waals surface area contributed by atoms with E-state index >= 15 is 0 Å². The quantitative estimate of drug-likeness (QED) is 0.633. The summed E-state index contributed by atoms with van der Waals surface area (Å²) in [5.74, 6) is -0.154. The van der Waals surface area contributed by atoms with Crippen LogP contribution >= 0.6 is 11.3 Å². The number of hydrogen-bond acceptors (Lipinski definition) is 4. The Morgan fingerprint density at radius 2 is 2.11 bits per heavy atom. The van der Waals surface area contributed by atoms with Crippen LogP contribution in [0.1, 0.15) is 47.4 Å². The fraction of sp³-hybridized carbons (Fsp3) is 0.227. The van der Waals surface area contributed by atoms with Gasteiger partial charge in [-0.2, -0.15) is 0 Å². The summed E-state index contributed by atoms with van der Waals surface area (Å²) in [6, 6.07) is 7.59. The molecule has 4 rings (SSSR count). The summed E-state index contributed by atoms with van der Waals surface area (Å²) in [7, 11) is 0. The van der Waals surface area contributed by atoms with Gasteiger partial charge in [0.05, 0.1) is 5.69 Å². The van der Waals surface area contributed by atoms with Gasteiger partial charge in [0.1, 0.15) is 5.69 Å². The number of anilines is 1. The molecule has 0 fully saturated rings. The van der Waals surface area contributed by atoms with Gasteiger partial charge in [0.2, 0.25) is 0 Å². The Morgan fingerprint density at radius 1 is 1.21 bits per heavy atom. The summed E-state index contributed by atoms with van der Waals surface area (Å²) in [6.07, 6.45) is 16.7. The topological polar surface area (TPSA) is 59.8 Å². The SMILES string of the molecule is O=C(Nc1nc(/C=C/C2=CCCCC2)cs1)c1cccn1Cc1ccncc1. The predicted molar refractivity (Wildman–Crippen MR) is 113 cm³/mol. The molecule has 3 aromatic rings. The number of aromatic nitrogens is 3. The Bertz CT molecular complexity index is 1000. The average molecular weight is 391 g/mol. The molecule has 3 heterocycles. The summed E-state index contributed by atoms with van der Waals surface area (Å²) in [5.41, 5.74) is 3.95. The largest absolute Gasteiger partial charge is 0.339 e. The summed E-state index contributed by atoms with van der Waals surface area (Å²) in [5, 5.41) is 5.49. The highest BCUT2D eigenvalue weighted by Crippen LogP contribution is 2.21. The highest BCUT2D eigenvalue weighted by atomic mass is 32.1. The van der Waals surface area contributed by atoms with Gasteiger partial charge in [-0.25, -0.2) is 4.98 Å². The van der Waals surface area contributed by atoms with Crippen molar-refractivity contribution in [2.45, 2.75) is 32.2 Å². The molecule has 1 amide bonds.